The van der Waals surface area contributed by atoms with Crippen molar-refractivity contribution in [1.29, 1.82) is 0 Å². The van der Waals surface area contributed by atoms with Crippen LogP contribution in [0.1, 0.15) is 26.7 Å². The molecule has 0 heterocycles. The van der Waals surface area contributed by atoms with Gasteiger partial charge in [0.15, 0.2) is 0 Å². The topological polar surface area (TPSA) is 52.6 Å². The summed E-state index contributed by atoms with van der Waals surface area (Å²) in [6.45, 7) is 3.92. The van der Waals surface area contributed by atoms with Gasteiger partial charge in [-0.2, -0.15) is 0 Å². The van der Waals surface area contributed by atoms with Crippen molar-refractivity contribution in [2.45, 2.75) is 26.7 Å². The molecule has 0 N–H and O–H groups in total. The highest BCUT2D eigenvalue weighted by Gasteiger charge is 2.47. The lowest BCUT2D eigenvalue weighted by Gasteiger charge is -2.37. The van der Waals surface area contributed by atoms with Gasteiger partial charge in [-0.25, -0.2) is 0 Å². The second-order valence-electron chi connectivity index (χ2n) is 3.96. The van der Waals surface area contributed by atoms with Crippen LogP contribution >= 0.6 is 0 Å². The molecular formula is C12H18O4. The van der Waals surface area contributed by atoms with Crippen molar-refractivity contribution in [2.75, 3.05) is 14.2 Å². The summed E-state index contributed by atoms with van der Waals surface area (Å²) in [6.07, 6.45) is 1.78. The largest absolute Gasteiger partial charge is 0.469 e. The summed E-state index contributed by atoms with van der Waals surface area (Å²) in [5, 5.41) is 0. The number of carbonyl (C=O) groups excluding carboxylic acids is 2. The third-order valence-corrected chi connectivity index (χ3v) is 3.11. The second-order valence-corrected chi connectivity index (χ2v) is 3.96. The van der Waals surface area contributed by atoms with E-state index in [1.54, 1.807) is 0 Å². The number of hydrogen-bond acceptors (Lipinski definition) is 4. The van der Waals surface area contributed by atoms with Crippen molar-refractivity contribution in [1.82, 2.24) is 0 Å². The molecule has 0 radical (unpaired) electrons. The summed E-state index contributed by atoms with van der Waals surface area (Å²) in [5.41, 5.74) is 1.99. The van der Waals surface area contributed by atoms with Crippen LogP contribution in [0.25, 0.3) is 0 Å². The number of carbonyl (C=O) groups is 2. The molecule has 0 bridgehead atoms. The van der Waals surface area contributed by atoms with E-state index in [-0.39, 0.29) is 11.9 Å². The summed E-state index contributed by atoms with van der Waals surface area (Å²) in [7, 11) is 2.68. The zero-order valence-corrected chi connectivity index (χ0v) is 10.2. The SMILES string of the molecule is CCCC1=C(C)C(C(=O)OC)C1C(=O)OC. The number of hydrogen-bond donors (Lipinski definition) is 0. The van der Waals surface area contributed by atoms with E-state index in [0.717, 1.165) is 24.0 Å². The van der Waals surface area contributed by atoms with E-state index in [0.29, 0.717) is 0 Å². The molecule has 0 aliphatic heterocycles. The average Bonchev–Trinajstić information content (AvgIpc) is 2.30. The number of methoxy groups -OCH3 is 2. The van der Waals surface area contributed by atoms with Gasteiger partial charge in [-0.1, -0.05) is 24.5 Å². The lowest BCUT2D eigenvalue weighted by atomic mass is 9.67. The van der Waals surface area contributed by atoms with Gasteiger partial charge in [0.2, 0.25) is 0 Å². The molecule has 1 rings (SSSR count). The van der Waals surface area contributed by atoms with Crippen LogP contribution in [0, 0.1) is 11.8 Å². The van der Waals surface area contributed by atoms with Crippen LogP contribution in [0.5, 0.6) is 0 Å². The zero-order valence-electron chi connectivity index (χ0n) is 10.2. The maximum absolute atomic E-state index is 11.6. The number of esters is 2. The Bertz CT molecular complexity index is 330. The normalized spacial score (nSPS) is 23.8. The predicted molar refractivity (Wildman–Crippen MR) is 58.6 cm³/mol. The molecule has 1 aliphatic carbocycles. The van der Waals surface area contributed by atoms with Crippen molar-refractivity contribution >= 4 is 11.9 Å². The van der Waals surface area contributed by atoms with E-state index in [4.69, 9.17) is 9.47 Å². The van der Waals surface area contributed by atoms with E-state index in [9.17, 15) is 9.59 Å². The maximum Gasteiger partial charge on any atom is 0.314 e. The minimum atomic E-state index is -0.445. The maximum atomic E-state index is 11.6. The van der Waals surface area contributed by atoms with Crippen molar-refractivity contribution < 1.29 is 19.1 Å². The fraction of sp³-hybridized carbons (Fsp3) is 0.667. The van der Waals surface area contributed by atoms with Crippen LogP contribution in [0.4, 0.5) is 0 Å². The van der Waals surface area contributed by atoms with Crippen LogP contribution < -0.4 is 0 Å². The van der Waals surface area contributed by atoms with Crippen LogP contribution in [0.3, 0.4) is 0 Å². The third kappa shape index (κ3) is 1.96. The van der Waals surface area contributed by atoms with Crippen LogP contribution in [-0.2, 0) is 19.1 Å². The van der Waals surface area contributed by atoms with Gasteiger partial charge >= 0.3 is 11.9 Å². The Hall–Kier alpha value is -1.32. The van der Waals surface area contributed by atoms with E-state index in [2.05, 4.69) is 0 Å². The number of ether oxygens (including phenoxy) is 2. The molecule has 2 unspecified atom stereocenters. The fourth-order valence-electron chi connectivity index (χ4n) is 2.27. The van der Waals surface area contributed by atoms with E-state index in [1.807, 2.05) is 13.8 Å². The minimum absolute atomic E-state index is 0.343. The summed E-state index contributed by atoms with van der Waals surface area (Å²) >= 11 is 0. The fourth-order valence-corrected chi connectivity index (χ4v) is 2.27. The summed E-state index contributed by atoms with van der Waals surface area (Å²) in [4.78, 5) is 23.1. The Kier molecular flexibility index (Phi) is 4.10. The highest BCUT2D eigenvalue weighted by Crippen LogP contribution is 2.44. The molecule has 4 heteroatoms. The first-order valence-corrected chi connectivity index (χ1v) is 5.43. The molecule has 1 aliphatic rings. The van der Waals surface area contributed by atoms with Gasteiger partial charge in [-0.3, -0.25) is 9.59 Å². The molecule has 90 valence electrons. The third-order valence-electron chi connectivity index (χ3n) is 3.11. The van der Waals surface area contributed by atoms with Crippen molar-refractivity contribution in [3.05, 3.63) is 11.1 Å². The molecular weight excluding hydrogens is 208 g/mol. The molecule has 0 fully saturated rings. The lowest BCUT2D eigenvalue weighted by Crippen LogP contribution is -2.42. The first-order chi connectivity index (χ1) is 7.58. The van der Waals surface area contributed by atoms with Gasteiger partial charge in [-0.15, -0.1) is 0 Å². The van der Waals surface area contributed by atoms with Gasteiger partial charge in [0, 0.05) is 0 Å². The molecule has 2 atom stereocenters. The van der Waals surface area contributed by atoms with Crippen LogP contribution in [-0.4, -0.2) is 26.2 Å². The highest BCUT2D eigenvalue weighted by atomic mass is 16.5. The molecule has 16 heavy (non-hydrogen) atoms. The van der Waals surface area contributed by atoms with Crippen molar-refractivity contribution in [3.63, 3.8) is 0 Å². The second kappa shape index (κ2) is 5.14. The van der Waals surface area contributed by atoms with Gasteiger partial charge in [0.25, 0.3) is 0 Å². The molecule has 0 aromatic heterocycles. The Morgan fingerprint density at radius 2 is 1.62 bits per heavy atom. The van der Waals surface area contributed by atoms with Gasteiger partial charge in [-0.05, 0) is 13.3 Å². The number of rotatable bonds is 4. The van der Waals surface area contributed by atoms with Crippen LogP contribution in [0.2, 0.25) is 0 Å². The Labute approximate surface area is 95.6 Å². The van der Waals surface area contributed by atoms with Gasteiger partial charge < -0.3 is 9.47 Å². The Balaban J connectivity index is 2.94. The first-order valence-electron chi connectivity index (χ1n) is 5.43. The Morgan fingerprint density at radius 3 is 2.06 bits per heavy atom. The van der Waals surface area contributed by atoms with Crippen LogP contribution in [0.15, 0.2) is 11.1 Å². The first kappa shape index (κ1) is 12.7. The monoisotopic (exact) mass is 226 g/mol. The lowest BCUT2D eigenvalue weighted by molar-refractivity contribution is -0.156. The molecule has 0 spiro atoms. The summed E-state index contributed by atoms with van der Waals surface area (Å²) in [5.74, 6) is -1.58. The summed E-state index contributed by atoms with van der Waals surface area (Å²) < 4.78 is 9.42. The molecule has 0 aromatic carbocycles. The molecule has 0 saturated carbocycles. The van der Waals surface area contributed by atoms with Gasteiger partial charge in [0.1, 0.15) is 0 Å². The Morgan fingerprint density at radius 1 is 1.12 bits per heavy atom. The molecule has 0 amide bonds. The minimum Gasteiger partial charge on any atom is -0.469 e. The summed E-state index contributed by atoms with van der Waals surface area (Å²) in [6, 6.07) is 0. The molecule has 0 aromatic rings. The van der Waals surface area contributed by atoms with E-state index >= 15 is 0 Å². The average molecular weight is 226 g/mol. The van der Waals surface area contributed by atoms with E-state index < -0.39 is 11.8 Å². The standard InChI is InChI=1S/C12H18O4/c1-5-6-8-7(2)9(11(13)15-3)10(8)12(14)16-4/h9-10H,5-6H2,1-4H3. The van der Waals surface area contributed by atoms with Gasteiger partial charge in [0.05, 0.1) is 26.1 Å². The smallest absolute Gasteiger partial charge is 0.314 e. The highest BCUT2D eigenvalue weighted by molar-refractivity contribution is 5.90. The zero-order chi connectivity index (χ0) is 12.3. The molecule has 4 nitrogen and oxygen atoms in total. The van der Waals surface area contributed by atoms with Crippen molar-refractivity contribution in [2.24, 2.45) is 11.8 Å². The van der Waals surface area contributed by atoms with E-state index in [1.165, 1.54) is 14.2 Å². The predicted octanol–water partition coefficient (Wildman–Crippen LogP) is 1.70. The molecule has 0 saturated heterocycles. The van der Waals surface area contributed by atoms with Crippen molar-refractivity contribution in [3.8, 4) is 0 Å². The quantitative estimate of drug-likeness (QED) is 0.540.